The van der Waals surface area contributed by atoms with Gasteiger partial charge >= 0.3 is 0 Å². The monoisotopic (exact) mass is 519 g/mol. The van der Waals surface area contributed by atoms with Crippen molar-refractivity contribution in [3.8, 4) is 5.75 Å². The molecule has 184 valence electrons. The largest absolute Gasteiger partial charge is 0.497 e. The number of fused-ring (bicyclic) bond motifs is 1. The van der Waals surface area contributed by atoms with Crippen molar-refractivity contribution < 1.29 is 14.3 Å². The zero-order chi connectivity index (χ0) is 25.2. The predicted octanol–water partition coefficient (Wildman–Crippen LogP) is 5.42. The molecule has 0 N–H and O–H groups in total. The van der Waals surface area contributed by atoms with E-state index in [9.17, 15) is 9.59 Å². The lowest BCUT2D eigenvalue weighted by Gasteiger charge is -2.36. The number of rotatable bonds is 4. The second kappa shape index (κ2) is 10.3. The molecule has 5 rings (SSSR count). The highest BCUT2D eigenvalue weighted by atomic mass is 35.5. The number of benzene rings is 3. The van der Waals surface area contributed by atoms with Crippen LogP contribution in [0.2, 0.25) is 5.02 Å². The fraction of sp³-hybridized carbons (Fsp3) is 0.214. The topological polar surface area (TPSA) is 53.1 Å². The number of methoxy groups -OCH3 is 1. The molecule has 0 saturated carbocycles. The molecule has 0 bridgehead atoms. The Morgan fingerprint density at radius 3 is 2.53 bits per heavy atom. The number of carbonyl (C=O) groups excluding carboxylic acids is 2. The summed E-state index contributed by atoms with van der Waals surface area (Å²) in [5.41, 5.74) is 3.30. The molecule has 2 heterocycles. The third kappa shape index (κ3) is 4.94. The van der Waals surface area contributed by atoms with E-state index < -0.39 is 0 Å². The van der Waals surface area contributed by atoms with Gasteiger partial charge in [0.25, 0.3) is 11.8 Å². The molecule has 1 fully saturated rings. The number of anilines is 2. The number of likely N-dealkylation sites (N-methyl/N-ethyl adjacent to an activating group) is 1. The molecule has 0 unspecified atom stereocenters. The van der Waals surface area contributed by atoms with Gasteiger partial charge in [0.15, 0.2) is 0 Å². The molecule has 3 aromatic rings. The number of hydrogen-bond donors (Lipinski definition) is 0. The summed E-state index contributed by atoms with van der Waals surface area (Å²) in [4.78, 5) is 33.7. The average Bonchev–Trinajstić information content (AvgIpc) is 2.91. The Bertz CT molecular complexity index is 1350. The van der Waals surface area contributed by atoms with Crippen LogP contribution in [0, 0.1) is 0 Å². The minimum absolute atomic E-state index is 0.0212. The van der Waals surface area contributed by atoms with E-state index in [0.29, 0.717) is 28.6 Å². The van der Waals surface area contributed by atoms with Crippen molar-refractivity contribution >= 4 is 52.6 Å². The quantitative estimate of drug-likeness (QED) is 0.431. The summed E-state index contributed by atoms with van der Waals surface area (Å²) in [6, 6.07) is 21.0. The molecule has 6 nitrogen and oxygen atoms in total. The van der Waals surface area contributed by atoms with Crippen LogP contribution in [0.4, 0.5) is 11.4 Å². The van der Waals surface area contributed by atoms with Gasteiger partial charge in [-0.2, -0.15) is 0 Å². The van der Waals surface area contributed by atoms with Crippen LogP contribution in [0.3, 0.4) is 0 Å². The number of hydrogen-bond acceptors (Lipinski definition) is 5. The van der Waals surface area contributed by atoms with Crippen LogP contribution in [0.15, 0.2) is 76.5 Å². The normalized spacial score (nSPS) is 16.8. The molecule has 3 aromatic carbocycles. The molecule has 2 aliphatic heterocycles. The Hall–Kier alpha value is -3.42. The van der Waals surface area contributed by atoms with E-state index in [1.807, 2.05) is 77.7 Å². The Labute approximate surface area is 220 Å². The van der Waals surface area contributed by atoms with Gasteiger partial charge in [0.05, 0.1) is 17.7 Å². The number of nitrogens with zero attached hydrogens (tertiary/aromatic N) is 3. The molecule has 2 amide bonds. The lowest BCUT2D eigenvalue weighted by molar-refractivity contribution is -0.114. The summed E-state index contributed by atoms with van der Waals surface area (Å²) in [7, 11) is 3.37. The average molecular weight is 520 g/mol. The summed E-state index contributed by atoms with van der Waals surface area (Å²) in [5, 5.41) is 0.707. The van der Waals surface area contributed by atoms with Gasteiger partial charge in [0.1, 0.15) is 5.75 Å². The predicted molar refractivity (Wildman–Crippen MR) is 146 cm³/mol. The molecule has 0 aliphatic carbocycles. The first kappa shape index (κ1) is 24.3. The van der Waals surface area contributed by atoms with Crippen molar-refractivity contribution in [2.75, 3.05) is 50.1 Å². The third-order valence-electron chi connectivity index (χ3n) is 6.43. The number of carbonyl (C=O) groups is 2. The Morgan fingerprint density at radius 2 is 1.78 bits per heavy atom. The van der Waals surface area contributed by atoms with Crippen LogP contribution >= 0.6 is 23.4 Å². The van der Waals surface area contributed by atoms with E-state index in [-0.39, 0.29) is 11.8 Å². The summed E-state index contributed by atoms with van der Waals surface area (Å²) >= 11 is 7.55. The fourth-order valence-electron chi connectivity index (χ4n) is 4.43. The van der Waals surface area contributed by atoms with Gasteiger partial charge in [-0.3, -0.25) is 9.59 Å². The smallest absolute Gasteiger partial charge is 0.264 e. The zero-order valence-corrected chi connectivity index (χ0v) is 21.7. The van der Waals surface area contributed by atoms with Crippen LogP contribution in [-0.2, 0) is 4.79 Å². The molecule has 0 spiro atoms. The minimum atomic E-state index is -0.102. The van der Waals surface area contributed by atoms with E-state index in [4.69, 9.17) is 16.3 Å². The van der Waals surface area contributed by atoms with Gasteiger partial charge in [0.2, 0.25) is 0 Å². The second-order valence-electron chi connectivity index (χ2n) is 8.69. The van der Waals surface area contributed by atoms with Crippen molar-refractivity contribution in [1.82, 2.24) is 4.90 Å². The van der Waals surface area contributed by atoms with Gasteiger partial charge in [-0.05, 0) is 60.2 Å². The first-order valence-electron chi connectivity index (χ1n) is 11.7. The van der Waals surface area contributed by atoms with Crippen LogP contribution in [0.25, 0.3) is 6.08 Å². The highest BCUT2D eigenvalue weighted by Crippen LogP contribution is 2.42. The molecule has 0 aromatic heterocycles. The number of ether oxygens (including phenoxy) is 1. The van der Waals surface area contributed by atoms with Gasteiger partial charge in [-0.1, -0.05) is 41.6 Å². The standard InChI is InChI=1S/C28H26ClN3O3S/c1-30-24-17-20(27(33)32-13-11-31(12-14-32)22-7-4-6-21(29)18-22)9-10-25(24)36-26(28(30)34)16-19-5-3-8-23(15-19)35-2/h3-10,15-18H,11-14H2,1-2H3. The second-order valence-corrected chi connectivity index (χ2v) is 10.2. The van der Waals surface area contributed by atoms with Crippen molar-refractivity contribution in [3.63, 3.8) is 0 Å². The molecule has 36 heavy (non-hydrogen) atoms. The van der Waals surface area contributed by atoms with Gasteiger partial charge in [-0.15, -0.1) is 0 Å². The first-order valence-corrected chi connectivity index (χ1v) is 12.9. The lowest BCUT2D eigenvalue weighted by Crippen LogP contribution is -2.48. The summed E-state index contributed by atoms with van der Waals surface area (Å²) < 4.78 is 5.29. The minimum Gasteiger partial charge on any atom is -0.497 e. The van der Waals surface area contributed by atoms with E-state index in [2.05, 4.69) is 4.90 Å². The Balaban J connectivity index is 1.31. The van der Waals surface area contributed by atoms with Crippen LogP contribution in [-0.4, -0.2) is 57.1 Å². The summed E-state index contributed by atoms with van der Waals surface area (Å²) in [5.74, 6) is 0.616. The molecular formula is C28H26ClN3O3S. The molecule has 8 heteroatoms. The van der Waals surface area contributed by atoms with Crippen LogP contribution in [0.1, 0.15) is 15.9 Å². The highest BCUT2D eigenvalue weighted by Gasteiger charge is 2.29. The first-order chi connectivity index (χ1) is 17.4. The molecule has 0 radical (unpaired) electrons. The van der Waals surface area contributed by atoms with Gasteiger partial charge < -0.3 is 19.4 Å². The van der Waals surface area contributed by atoms with Gasteiger partial charge in [-0.25, -0.2) is 0 Å². The van der Waals surface area contributed by atoms with Crippen molar-refractivity contribution in [2.24, 2.45) is 0 Å². The summed E-state index contributed by atoms with van der Waals surface area (Å²) in [6.07, 6.45) is 1.87. The number of piperazine rings is 1. The van der Waals surface area contributed by atoms with Crippen molar-refractivity contribution in [3.05, 3.63) is 87.8 Å². The Kier molecular flexibility index (Phi) is 6.94. The van der Waals surface area contributed by atoms with Crippen molar-refractivity contribution in [2.45, 2.75) is 4.90 Å². The fourth-order valence-corrected chi connectivity index (χ4v) is 5.71. The van der Waals surface area contributed by atoms with Crippen LogP contribution < -0.4 is 14.5 Å². The van der Waals surface area contributed by atoms with E-state index in [1.165, 1.54) is 11.8 Å². The highest BCUT2D eigenvalue weighted by molar-refractivity contribution is 8.04. The van der Waals surface area contributed by atoms with E-state index >= 15 is 0 Å². The number of thioether (sulfide) groups is 1. The number of halogens is 1. The lowest BCUT2D eigenvalue weighted by atomic mass is 10.1. The third-order valence-corrected chi connectivity index (χ3v) is 7.75. The summed E-state index contributed by atoms with van der Waals surface area (Å²) in [6.45, 7) is 2.73. The van der Waals surface area contributed by atoms with Crippen molar-refractivity contribution in [1.29, 1.82) is 0 Å². The molecule has 0 atom stereocenters. The molecule has 2 aliphatic rings. The van der Waals surface area contributed by atoms with E-state index in [1.54, 1.807) is 19.1 Å². The van der Waals surface area contributed by atoms with Gasteiger partial charge in [0, 0.05) is 54.4 Å². The van der Waals surface area contributed by atoms with E-state index in [0.717, 1.165) is 40.7 Å². The maximum atomic E-state index is 13.3. The Morgan fingerprint density at radius 1 is 1.00 bits per heavy atom. The number of amides is 2. The molecular weight excluding hydrogens is 494 g/mol. The zero-order valence-electron chi connectivity index (χ0n) is 20.1. The maximum absolute atomic E-state index is 13.3. The SMILES string of the molecule is COc1cccc(C=C2Sc3ccc(C(=O)N4CCN(c5cccc(Cl)c5)CC4)cc3N(C)C2=O)c1. The maximum Gasteiger partial charge on any atom is 0.264 e. The molecule has 1 saturated heterocycles. The van der Waals surface area contributed by atoms with Crippen LogP contribution in [0.5, 0.6) is 5.75 Å².